The largest absolute Gasteiger partial charge is 0.548 e. The SMILES string of the molecule is CCCC(CC(=O)NO)C(=O)N1CCCC1C(=O)NC(C)C(=O)[O-]. The number of rotatable bonds is 8. The van der Waals surface area contributed by atoms with E-state index in [1.807, 2.05) is 6.92 Å². The molecule has 3 N–H and O–H groups in total. The Morgan fingerprint density at radius 1 is 1.33 bits per heavy atom. The maximum atomic E-state index is 12.7. The second kappa shape index (κ2) is 9.21. The van der Waals surface area contributed by atoms with Gasteiger partial charge in [0.05, 0.1) is 12.0 Å². The molecule has 1 fully saturated rings. The monoisotopic (exact) mass is 342 g/mol. The molecule has 0 saturated carbocycles. The van der Waals surface area contributed by atoms with Crippen LogP contribution >= 0.6 is 0 Å². The van der Waals surface area contributed by atoms with E-state index in [9.17, 15) is 24.3 Å². The number of hydrogen-bond donors (Lipinski definition) is 3. The number of likely N-dealkylation sites (tertiary alicyclic amines) is 1. The average molecular weight is 342 g/mol. The van der Waals surface area contributed by atoms with Crippen LogP contribution in [0.15, 0.2) is 0 Å². The molecule has 24 heavy (non-hydrogen) atoms. The van der Waals surface area contributed by atoms with E-state index >= 15 is 0 Å². The summed E-state index contributed by atoms with van der Waals surface area (Å²) in [6, 6.07) is -1.91. The van der Waals surface area contributed by atoms with Crippen molar-refractivity contribution in [1.82, 2.24) is 15.7 Å². The Bertz CT molecular complexity index is 496. The minimum Gasteiger partial charge on any atom is -0.548 e. The van der Waals surface area contributed by atoms with Crippen molar-refractivity contribution in [2.45, 2.75) is 58.0 Å². The third-order valence-electron chi connectivity index (χ3n) is 4.09. The molecular weight excluding hydrogens is 318 g/mol. The predicted molar refractivity (Wildman–Crippen MR) is 80.3 cm³/mol. The van der Waals surface area contributed by atoms with E-state index in [4.69, 9.17) is 5.21 Å². The van der Waals surface area contributed by atoms with Gasteiger partial charge in [0, 0.05) is 18.9 Å². The second-order valence-electron chi connectivity index (χ2n) is 5.96. The highest BCUT2D eigenvalue weighted by Crippen LogP contribution is 2.23. The normalized spacial score (nSPS) is 19.5. The van der Waals surface area contributed by atoms with Crippen molar-refractivity contribution in [1.29, 1.82) is 0 Å². The molecule has 0 aliphatic carbocycles. The zero-order valence-electron chi connectivity index (χ0n) is 13.9. The number of hydroxylamine groups is 1. The molecule has 3 amide bonds. The summed E-state index contributed by atoms with van der Waals surface area (Å²) in [7, 11) is 0. The summed E-state index contributed by atoms with van der Waals surface area (Å²) in [6.45, 7) is 3.53. The predicted octanol–water partition coefficient (Wildman–Crippen LogP) is -1.46. The van der Waals surface area contributed by atoms with Crippen molar-refractivity contribution >= 4 is 23.7 Å². The quantitative estimate of drug-likeness (QED) is 0.364. The molecular formula is C15H24N3O6-. The minimum absolute atomic E-state index is 0.163. The Hall–Kier alpha value is -2.16. The summed E-state index contributed by atoms with van der Waals surface area (Å²) < 4.78 is 0. The fourth-order valence-corrected chi connectivity index (χ4v) is 2.84. The molecule has 0 bridgehead atoms. The molecule has 0 aromatic carbocycles. The van der Waals surface area contributed by atoms with E-state index in [-0.39, 0.29) is 12.3 Å². The van der Waals surface area contributed by atoms with Gasteiger partial charge in [0.25, 0.3) is 0 Å². The number of carbonyl (C=O) groups is 4. The molecule has 3 atom stereocenters. The lowest BCUT2D eigenvalue weighted by atomic mass is 9.97. The van der Waals surface area contributed by atoms with Crippen LogP contribution in [0.2, 0.25) is 0 Å². The van der Waals surface area contributed by atoms with E-state index in [2.05, 4.69) is 5.32 Å². The van der Waals surface area contributed by atoms with E-state index in [1.165, 1.54) is 17.3 Å². The first-order valence-electron chi connectivity index (χ1n) is 8.06. The van der Waals surface area contributed by atoms with Crippen molar-refractivity contribution in [2.75, 3.05) is 6.54 Å². The summed E-state index contributed by atoms with van der Waals surface area (Å²) in [5, 5.41) is 21.7. The smallest absolute Gasteiger partial charge is 0.244 e. The molecule has 3 unspecified atom stereocenters. The fourth-order valence-electron chi connectivity index (χ4n) is 2.84. The topological polar surface area (TPSA) is 139 Å². The van der Waals surface area contributed by atoms with Crippen LogP contribution in [0.5, 0.6) is 0 Å². The van der Waals surface area contributed by atoms with Crippen LogP contribution in [-0.2, 0) is 19.2 Å². The van der Waals surface area contributed by atoms with Gasteiger partial charge in [-0.05, 0) is 26.2 Å². The van der Waals surface area contributed by atoms with Gasteiger partial charge in [0.1, 0.15) is 6.04 Å². The molecule has 0 spiro atoms. The highest BCUT2D eigenvalue weighted by atomic mass is 16.5. The van der Waals surface area contributed by atoms with E-state index in [0.29, 0.717) is 32.2 Å². The maximum Gasteiger partial charge on any atom is 0.244 e. The van der Waals surface area contributed by atoms with Crippen LogP contribution in [0, 0.1) is 5.92 Å². The zero-order valence-corrected chi connectivity index (χ0v) is 13.9. The number of amides is 3. The highest BCUT2D eigenvalue weighted by molar-refractivity contribution is 5.92. The molecule has 1 rings (SSSR count). The fraction of sp³-hybridized carbons (Fsp3) is 0.733. The van der Waals surface area contributed by atoms with Crippen LogP contribution in [-0.4, -0.2) is 52.4 Å². The number of nitrogens with zero attached hydrogens (tertiary/aromatic N) is 1. The van der Waals surface area contributed by atoms with Crippen molar-refractivity contribution in [2.24, 2.45) is 5.92 Å². The first-order chi connectivity index (χ1) is 11.3. The Labute approximate surface area is 140 Å². The van der Waals surface area contributed by atoms with E-state index in [0.717, 1.165) is 0 Å². The minimum atomic E-state index is -1.40. The molecule has 0 aromatic heterocycles. The summed E-state index contributed by atoms with van der Waals surface area (Å²) in [4.78, 5) is 48.4. The Kier molecular flexibility index (Phi) is 7.63. The van der Waals surface area contributed by atoms with Gasteiger partial charge in [0.2, 0.25) is 17.7 Å². The number of carbonyl (C=O) groups excluding carboxylic acids is 4. The van der Waals surface area contributed by atoms with Crippen LogP contribution in [0.4, 0.5) is 0 Å². The van der Waals surface area contributed by atoms with Gasteiger partial charge in [-0.1, -0.05) is 13.3 Å². The standard InChI is InChI=1S/C15H25N3O6/c1-3-5-10(8-12(19)17-24)14(21)18-7-4-6-11(18)13(20)16-9(2)15(22)23/h9-11,24H,3-8H2,1-2H3,(H,16,20)(H,17,19)(H,22,23)/p-1. The van der Waals surface area contributed by atoms with E-state index in [1.54, 1.807) is 0 Å². The lowest BCUT2D eigenvalue weighted by molar-refractivity contribution is -0.307. The third-order valence-corrected chi connectivity index (χ3v) is 4.09. The number of nitrogens with one attached hydrogen (secondary N) is 2. The van der Waals surface area contributed by atoms with Gasteiger partial charge in [-0.15, -0.1) is 0 Å². The number of hydrogen-bond acceptors (Lipinski definition) is 6. The summed E-state index contributed by atoms with van der Waals surface area (Å²) >= 11 is 0. The zero-order chi connectivity index (χ0) is 18.3. The van der Waals surface area contributed by atoms with Gasteiger partial charge in [-0.25, -0.2) is 5.48 Å². The average Bonchev–Trinajstić information content (AvgIpc) is 3.02. The van der Waals surface area contributed by atoms with Crippen LogP contribution < -0.4 is 15.9 Å². The summed E-state index contributed by atoms with van der Waals surface area (Å²) in [5.41, 5.74) is 1.51. The molecule has 9 heteroatoms. The summed E-state index contributed by atoms with van der Waals surface area (Å²) in [5.74, 6) is -3.57. The van der Waals surface area contributed by atoms with Crippen molar-refractivity contribution in [3.05, 3.63) is 0 Å². The van der Waals surface area contributed by atoms with Gasteiger partial charge < -0.3 is 20.1 Å². The van der Waals surface area contributed by atoms with Crippen LogP contribution in [0.25, 0.3) is 0 Å². The van der Waals surface area contributed by atoms with Crippen molar-refractivity contribution in [3.63, 3.8) is 0 Å². The molecule has 9 nitrogen and oxygen atoms in total. The first kappa shape index (κ1) is 19.9. The Morgan fingerprint density at radius 2 is 2.00 bits per heavy atom. The highest BCUT2D eigenvalue weighted by Gasteiger charge is 2.37. The van der Waals surface area contributed by atoms with E-state index < -0.39 is 35.8 Å². The van der Waals surface area contributed by atoms with Crippen LogP contribution in [0.3, 0.4) is 0 Å². The molecule has 1 saturated heterocycles. The lowest BCUT2D eigenvalue weighted by Crippen LogP contribution is -2.53. The van der Waals surface area contributed by atoms with Crippen LogP contribution in [0.1, 0.15) is 46.0 Å². The number of aliphatic carboxylic acids is 1. The second-order valence-corrected chi connectivity index (χ2v) is 5.96. The molecule has 0 aromatic rings. The molecule has 1 heterocycles. The maximum absolute atomic E-state index is 12.7. The number of carboxylic acids is 1. The van der Waals surface area contributed by atoms with Gasteiger partial charge in [0.15, 0.2) is 0 Å². The lowest BCUT2D eigenvalue weighted by Gasteiger charge is -2.29. The molecule has 1 aliphatic heterocycles. The Morgan fingerprint density at radius 3 is 2.54 bits per heavy atom. The van der Waals surface area contributed by atoms with Gasteiger partial charge >= 0.3 is 0 Å². The van der Waals surface area contributed by atoms with Crippen molar-refractivity contribution in [3.8, 4) is 0 Å². The number of carboxylic acid groups (broad SMARTS) is 1. The third kappa shape index (κ3) is 5.19. The van der Waals surface area contributed by atoms with Gasteiger partial charge in [-0.3, -0.25) is 19.6 Å². The molecule has 0 radical (unpaired) electrons. The van der Waals surface area contributed by atoms with Crippen molar-refractivity contribution < 1.29 is 29.5 Å². The molecule has 136 valence electrons. The summed E-state index contributed by atoms with van der Waals surface area (Å²) in [6.07, 6.45) is 2.01. The molecule has 1 aliphatic rings. The first-order valence-corrected chi connectivity index (χ1v) is 8.06. The van der Waals surface area contributed by atoms with Gasteiger partial charge in [-0.2, -0.15) is 0 Å². The Balaban J connectivity index is 2.80.